The number of anilines is 1. The van der Waals surface area contributed by atoms with Crippen molar-refractivity contribution in [2.75, 3.05) is 5.32 Å². The quantitative estimate of drug-likeness (QED) is 0.225. The van der Waals surface area contributed by atoms with E-state index in [2.05, 4.69) is 18.3 Å². The van der Waals surface area contributed by atoms with Gasteiger partial charge in [-0.25, -0.2) is 14.6 Å². The van der Waals surface area contributed by atoms with Crippen LogP contribution in [0.5, 0.6) is 0 Å². The lowest BCUT2D eigenvalue weighted by atomic mass is 9.85. The van der Waals surface area contributed by atoms with Gasteiger partial charge in [-0.15, -0.1) is 0 Å². The van der Waals surface area contributed by atoms with Crippen LogP contribution in [0.1, 0.15) is 67.9 Å². The Labute approximate surface area is 254 Å². The third-order valence-corrected chi connectivity index (χ3v) is 8.35. The monoisotopic (exact) mass is 595 g/mol. The predicted molar refractivity (Wildman–Crippen MR) is 163 cm³/mol. The molecule has 4 aromatic rings. The number of amides is 1. The molecule has 1 atom stereocenters. The van der Waals surface area contributed by atoms with Crippen LogP contribution in [0.25, 0.3) is 22.3 Å². The minimum Gasteiger partial charge on any atom is -0.457 e. The molecule has 0 aliphatic carbocycles. The number of rotatable bonds is 8. The van der Waals surface area contributed by atoms with Crippen LogP contribution in [0.4, 0.5) is 10.5 Å². The van der Waals surface area contributed by atoms with Crippen LogP contribution in [0.3, 0.4) is 0 Å². The van der Waals surface area contributed by atoms with Crippen molar-refractivity contribution in [2.45, 2.75) is 71.8 Å². The SMILES string of the molecule is CCCc1c2c(nc3ccccc13)-c1cc3c(c(=O)n1C2)COC(=O)[C@@]3(CC)OC(=O)OCc1ccc(NC(=O)CC)cc1. The molecule has 0 fully saturated rings. The number of cyclic esters (lactones) is 1. The molecule has 2 aliphatic heterocycles. The van der Waals surface area contributed by atoms with E-state index in [-0.39, 0.29) is 36.7 Å². The number of fused-ring (bicyclic) bond motifs is 5. The fourth-order valence-electron chi connectivity index (χ4n) is 6.05. The number of hydrogen-bond donors (Lipinski definition) is 1. The van der Waals surface area contributed by atoms with Crippen LogP contribution in [-0.4, -0.2) is 27.6 Å². The van der Waals surface area contributed by atoms with Crippen molar-refractivity contribution >= 4 is 34.6 Å². The van der Waals surface area contributed by atoms with E-state index in [1.165, 1.54) is 0 Å². The second kappa shape index (κ2) is 11.6. The maximum absolute atomic E-state index is 13.9. The number of hydrogen-bond acceptors (Lipinski definition) is 8. The zero-order valence-corrected chi connectivity index (χ0v) is 24.9. The second-order valence-corrected chi connectivity index (χ2v) is 11.0. The number of ether oxygens (including phenoxy) is 3. The summed E-state index contributed by atoms with van der Waals surface area (Å²) in [5.74, 6) is -0.873. The number of aromatic nitrogens is 2. The highest BCUT2D eigenvalue weighted by Crippen LogP contribution is 2.42. The van der Waals surface area contributed by atoms with Gasteiger partial charge < -0.3 is 24.1 Å². The number of nitrogens with one attached hydrogen (secondary N) is 1. The second-order valence-electron chi connectivity index (χ2n) is 11.0. The van der Waals surface area contributed by atoms with Crippen molar-refractivity contribution in [3.05, 3.63) is 92.8 Å². The fourth-order valence-corrected chi connectivity index (χ4v) is 6.05. The molecule has 0 unspecified atom stereocenters. The van der Waals surface area contributed by atoms with E-state index < -0.39 is 17.7 Å². The van der Waals surface area contributed by atoms with Crippen molar-refractivity contribution in [1.29, 1.82) is 0 Å². The zero-order chi connectivity index (χ0) is 31.0. The van der Waals surface area contributed by atoms with E-state index in [4.69, 9.17) is 19.2 Å². The molecule has 0 radical (unpaired) electrons. The predicted octanol–water partition coefficient (Wildman–Crippen LogP) is 5.74. The summed E-state index contributed by atoms with van der Waals surface area (Å²) in [4.78, 5) is 56.8. The Balaban J connectivity index is 1.33. The third-order valence-electron chi connectivity index (χ3n) is 8.35. The smallest absolute Gasteiger partial charge is 0.457 e. The molecule has 44 heavy (non-hydrogen) atoms. The lowest BCUT2D eigenvalue weighted by molar-refractivity contribution is -0.175. The normalized spacial score (nSPS) is 16.5. The maximum atomic E-state index is 13.9. The molecule has 1 amide bonds. The van der Waals surface area contributed by atoms with E-state index in [0.29, 0.717) is 41.2 Å². The molecule has 0 spiro atoms. The molecule has 2 aromatic heterocycles. The lowest BCUT2D eigenvalue weighted by Gasteiger charge is -2.35. The Hall–Kier alpha value is -4.99. The topological polar surface area (TPSA) is 126 Å². The first kappa shape index (κ1) is 29.1. The van der Waals surface area contributed by atoms with Gasteiger partial charge in [-0.2, -0.15) is 0 Å². The molecule has 10 nitrogen and oxygen atoms in total. The molecule has 2 aliphatic rings. The molecule has 226 valence electrons. The van der Waals surface area contributed by atoms with Gasteiger partial charge in [0.15, 0.2) is 0 Å². The van der Waals surface area contributed by atoms with Gasteiger partial charge in [-0.05, 0) is 48.2 Å². The van der Waals surface area contributed by atoms with Crippen LogP contribution >= 0.6 is 0 Å². The fraction of sp³-hybridized carbons (Fsp3) is 0.324. The van der Waals surface area contributed by atoms with Gasteiger partial charge in [0.25, 0.3) is 5.56 Å². The average molecular weight is 596 g/mol. The van der Waals surface area contributed by atoms with Crippen molar-refractivity contribution in [2.24, 2.45) is 0 Å². The molecule has 0 saturated heterocycles. The molecular formula is C34H33N3O7. The Bertz CT molecular complexity index is 1860. The lowest BCUT2D eigenvalue weighted by Crippen LogP contribution is -2.47. The minimum absolute atomic E-state index is 0.0295. The molecule has 1 N–H and O–H groups in total. The zero-order valence-electron chi connectivity index (χ0n) is 24.9. The van der Waals surface area contributed by atoms with E-state index in [1.54, 1.807) is 48.7 Å². The molecule has 4 heterocycles. The van der Waals surface area contributed by atoms with Gasteiger partial charge in [-0.3, -0.25) is 9.59 Å². The van der Waals surface area contributed by atoms with Crippen molar-refractivity contribution in [3.8, 4) is 11.4 Å². The Morgan fingerprint density at radius 3 is 2.55 bits per heavy atom. The summed E-state index contributed by atoms with van der Waals surface area (Å²) in [6.45, 7) is 5.59. The van der Waals surface area contributed by atoms with Crippen molar-refractivity contribution < 1.29 is 28.6 Å². The van der Waals surface area contributed by atoms with Gasteiger partial charge in [0.2, 0.25) is 11.5 Å². The van der Waals surface area contributed by atoms with E-state index in [1.807, 2.05) is 18.2 Å². The van der Waals surface area contributed by atoms with Crippen molar-refractivity contribution in [3.63, 3.8) is 0 Å². The summed E-state index contributed by atoms with van der Waals surface area (Å²) >= 11 is 0. The van der Waals surface area contributed by atoms with Crippen LogP contribution in [0.15, 0.2) is 59.4 Å². The Morgan fingerprint density at radius 1 is 1.05 bits per heavy atom. The maximum Gasteiger partial charge on any atom is 0.510 e. The highest BCUT2D eigenvalue weighted by atomic mass is 16.7. The molecule has 2 aromatic carbocycles. The molecule has 0 bridgehead atoms. The number of esters is 1. The molecular weight excluding hydrogens is 562 g/mol. The van der Waals surface area contributed by atoms with Gasteiger partial charge in [0.05, 0.1) is 29.0 Å². The first-order valence-corrected chi connectivity index (χ1v) is 14.9. The largest absolute Gasteiger partial charge is 0.510 e. The number of para-hydroxylation sites is 1. The first-order chi connectivity index (χ1) is 21.3. The summed E-state index contributed by atoms with van der Waals surface area (Å²) in [5.41, 5.74) is 3.91. The number of carbonyl (C=O) groups excluding carboxylic acids is 3. The standard InChI is InChI=1S/C34H33N3O7/c1-4-9-22-23-10-7-8-11-27(23)36-30-24(22)17-37-28(30)16-26-25(31(37)39)19-42-32(40)34(26,6-3)44-33(41)43-18-20-12-14-21(15-13-20)35-29(38)5-2/h7-8,10-16H,4-6,9,17-19H2,1-3H3,(H,35,38)/t34-/m0/s1. The van der Waals surface area contributed by atoms with Gasteiger partial charge in [-0.1, -0.05) is 57.5 Å². The summed E-state index contributed by atoms with van der Waals surface area (Å²) < 4.78 is 18.2. The summed E-state index contributed by atoms with van der Waals surface area (Å²) in [6, 6.07) is 16.5. The van der Waals surface area contributed by atoms with E-state index in [0.717, 1.165) is 34.9 Å². The third kappa shape index (κ3) is 4.90. The van der Waals surface area contributed by atoms with Crippen LogP contribution in [0, 0.1) is 0 Å². The summed E-state index contributed by atoms with van der Waals surface area (Å²) in [5, 5.41) is 3.82. The van der Waals surface area contributed by atoms with Crippen LogP contribution < -0.4 is 10.9 Å². The van der Waals surface area contributed by atoms with Gasteiger partial charge in [0, 0.05) is 28.6 Å². The molecule has 10 heteroatoms. The number of aryl methyl sites for hydroxylation is 1. The van der Waals surface area contributed by atoms with Crippen molar-refractivity contribution in [1.82, 2.24) is 9.55 Å². The number of carbonyl (C=O) groups is 3. The van der Waals surface area contributed by atoms with Crippen LogP contribution in [0.2, 0.25) is 0 Å². The van der Waals surface area contributed by atoms with Gasteiger partial charge >= 0.3 is 12.1 Å². The van der Waals surface area contributed by atoms with Crippen LogP contribution in [-0.2, 0) is 55.6 Å². The van der Waals surface area contributed by atoms with Gasteiger partial charge in [0.1, 0.15) is 13.2 Å². The minimum atomic E-state index is -1.86. The number of pyridine rings is 2. The molecule has 0 saturated carbocycles. The summed E-state index contributed by atoms with van der Waals surface area (Å²) in [6.07, 6.45) is 1.08. The average Bonchev–Trinajstić information content (AvgIpc) is 3.40. The number of nitrogens with zero attached hydrogens (tertiary/aromatic N) is 2. The van der Waals surface area contributed by atoms with E-state index >= 15 is 0 Å². The highest BCUT2D eigenvalue weighted by molar-refractivity contribution is 5.91. The Morgan fingerprint density at radius 2 is 1.82 bits per heavy atom. The summed E-state index contributed by atoms with van der Waals surface area (Å²) in [7, 11) is 0. The number of benzene rings is 2. The highest BCUT2D eigenvalue weighted by Gasteiger charge is 2.51. The molecule has 6 rings (SSSR count). The Kier molecular flexibility index (Phi) is 7.67. The first-order valence-electron chi connectivity index (χ1n) is 14.9. The van der Waals surface area contributed by atoms with E-state index in [9.17, 15) is 19.2 Å².